The fourth-order valence-corrected chi connectivity index (χ4v) is 2.85. The Hall–Kier alpha value is -3.68. The molecule has 1 aromatic carbocycles. The second kappa shape index (κ2) is 6.91. The summed E-state index contributed by atoms with van der Waals surface area (Å²) in [6, 6.07) is 13.4. The largest absolute Gasteiger partial charge is 0.497 e. The Bertz CT molecular complexity index is 1090. The van der Waals surface area contributed by atoms with Gasteiger partial charge in [0, 0.05) is 18.8 Å². The molecule has 0 aliphatic rings. The van der Waals surface area contributed by atoms with E-state index in [1.165, 1.54) is 0 Å². The van der Waals surface area contributed by atoms with Crippen LogP contribution >= 0.6 is 0 Å². The minimum Gasteiger partial charge on any atom is -0.497 e. The first-order chi connectivity index (χ1) is 13.2. The highest BCUT2D eigenvalue weighted by molar-refractivity contribution is 5.99. The van der Waals surface area contributed by atoms with Crippen LogP contribution in [0.1, 0.15) is 5.69 Å². The summed E-state index contributed by atoms with van der Waals surface area (Å²) >= 11 is 0. The molecule has 8 nitrogen and oxygen atoms in total. The predicted molar refractivity (Wildman–Crippen MR) is 104 cm³/mol. The van der Waals surface area contributed by atoms with E-state index in [2.05, 4.69) is 20.4 Å². The first kappa shape index (κ1) is 16.8. The number of hydrogen-bond donors (Lipinski definition) is 2. The Kier molecular flexibility index (Phi) is 4.29. The van der Waals surface area contributed by atoms with E-state index in [0.717, 1.165) is 17.0 Å². The summed E-state index contributed by atoms with van der Waals surface area (Å²) in [6.45, 7) is 0.506. The number of benzene rings is 1. The van der Waals surface area contributed by atoms with Crippen LogP contribution in [0, 0.1) is 0 Å². The molecule has 4 rings (SSSR count). The van der Waals surface area contributed by atoms with Crippen LogP contribution in [0.5, 0.6) is 5.75 Å². The van der Waals surface area contributed by atoms with E-state index in [9.17, 15) is 0 Å². The molecule has 0 saturated heterocycles. The quantitative estimate of drug-likeness (QED) is 0.563. The average Bonchev–Trinajstić information content (AvgIpc) is 3.00. The van der Waals surface area contributed by atoms with Crippen LogP contribution in [-0.2, 0) is 13.6 Å². The van der Waals surface area contributed by atoms with Crippen LogP contribution in [0.15, 0.2) is 48.7 Å². The smallest absolute Gasteiger partial charge is 0.225 e. The fraction of sp³-hybridized carbons (Fsp3) is 0.158. The van der Waals surface area contributed by atoms with Gasteiger partial charge >= 0.3 is 0 Å². The summed E-state index contributed by atoms with van der Waals surface area (Å²) in [4.78, 5) is 13.5. The number of fused-ring (bicyclic) bond motifs is 1. The van der Waals surface area contributed by atoms with Gasteiger partial charge in [-0.15, -0.1) is 0 Å². The molecule has 0 bridgehead atoms. The van der Waals surface area contributed by atoms with E-state index in [-0.39, 0.29) is 0 Å². The number of methoxy groups -OCH3 is 1. The molecule has 0 spiro atoms. The summed E-state index contributed by atoms with van der Waals surface area (Å²) in [5.41, 5.74) is 9.23. The van der Waals surface area contributed by atoms with Gasteiger partial charge in [-0.05, 0) is 24.3 Å². The van der Waals surface area contributed by atoms with E-state index >= 15 is 0 Å². The molecule has 3 N–H and O–H groups in total. The lowest BCUT2D eigenvalue weighted by atomic mass is 10.1. The van der Waals surface area contributed by atoms with Gasteiger partial charge in [-0.25, -0.2) is 4.98 Å². The Morgan fingerprint density at radius 2 is 2.04 bits per heavy atom. The normalized spacial score (nSPS) is 10.9. The highest BCUT2D eigenvalue weighted by Gasteiger charge is 2.17. The van der Waals surface area contributed by atoms with Gasteiger partial charge in [-0.3, -0.25) is 9.67 Å². The fourth-order valence-electron chi connectivity index (χ4n) is 2.85. The maximum absolute atomic E-state index is 6.22. The van der Waals surface area contributed by atoms with Crippen molar-refractivity contribution in [1.82, 2.24) is 24.7 Å². The number of anilines is 2. The molecule has 0 aliphatic carbocycles. The second-order valence-electron chi connectivity index (χ2n) is 6.01. The number of hydrogen-bond acceptors (Lipinski definition) is 7. The Morgan fingerprint density at radius 1 is 1.15 bits per heavy atom. The third kappa shape index (κ3) is 3.24. The number of ether oxygens (including phenoxy) is 1. The number of nitrogens with two attached hydrogens (primary N) is 1. The van der Waals surface area contributed by atoms with E-state index in [1.807, 2.05) is 42.5 Å². The zero-order valence-corrected chi connectivity index (χ0v) is 15.0. The number of pyridine rings is 1. The van der Waals surface area contributed by atoms with Gasteiger partial charge in [0.1, 0.15) is 11.6 Å². The van der Waals surface area contributed by atoms with E-state index in [1.54, 1.807) is 25.0 Å². The Balaban J connectivity index is 1.80. The third-order valence-corrected chi connectivity index (χ3v) is 4.24. The van der Waals surface area contributed by atoms with Gasteiger partial charge in [0.05, 0.1) is 30.4 Å². The lowest BCUT2D eigenvalue weighted by Gasteiger charge is -2.09. The number of nitrogen functional groups attached to an aromatic ring is 1. The molecule has 0 aliphatic heterocycles. The molecule has 0 atom stereocenters. The number of rotatable bonds is 5. The molecule has 136 valence electrons. The van der Waals surface area contributed by atoms with Gasteiger partial charge in [0.2, 0.25) is 5.95 Å². The molecule has 27 heavy (non-hydrogen) atoms. The molecular formula is C19H19N7O. The highest BCUT2D eigenvalue weighted by atomic mass is 16.5. The maximum atomic E-state index is 6.22. The summed E-state index contributed by atoms with van der Waals surface area (Å²) < 4.78 is 6.94. The number of nitrogens with one attached hydrogen (secondary N) is 1. The van der Waals surface area contributed by atoms with Gasteiger partial charge < -0.3 is 15.8 Å². The summed E-state index contributed by atoms with van der Waals surface area (Å²) in [5.74, 6) is 1.72. The Labute approximate surface area is 156 Å². The topological polar surface area (TPSA) is 104 Å². The van der Waals surface area contributed by atoms with E-state index in [0.29, 0.717) is 35.0 Å². The number of nitrogens with zero attached hydrogens (tertiary/aromatic N) is 5. The van der Waals surface area contributed by atoms with Gasteiger partial charge in [0.15, 0.2) is 5.65 Å². The SMILES string of the molecule is COc1cccc(-c2nc(NCc3ccccn3)nc3nn(C)c(N)c23)c1. The van der Waals surface area contributed by atoms with Gasteiger partial charge in [-0.2, -0.15) is 10.1 Å². The highest BCUT2D eigenvalue weighted by Crippen LogP contribution is 2.32. The van der Waals surface area contributed by atoms with Crippen molar-refractivity contribution >= 4 is 22.8 Å². The molecule has 3 heterocycles. The van der Waals surface area contributed by atoms with Gasteiger partial charge in [0.25, 0.3) is 0 Å². The van der Waals surface area contributed by atoms with Crippen molar-refractivity contribution in [2.75, 3.05) is 18.2 Å². The molecule has 3 aromatic heterocycles. The summed E-state index contributed by atoms with van der Waals surface area (Å²) in [6.07, 6.45) is 1.75. The first-order valence-corrected chi connectivity index (χ1v) is 8.44. The molecule has 0 amide bonds. The van der Waals surface area contributed by atoms with E-state index < -0.39 is 0 Å². The summed E-state index contributed by atoms with van der Waals surface area (Å²) in [7, 11) is 3.42. The molecule has 8 heteroatoms. The van der Waals surface area contributed by atoms with Crippen molar-refractivity contribution in [2.24, 2.45) is 7.05 Å². The van der Waals surface area contributed by atoms with Crippen LogP contribution in [0.3, 0.4) is 0 Å². The van der Waals surface area contributed by atoms with Crippen LogP contribution in [0.25, 0.3) is 22.3 Å². The first-order valence-electron chi connectivity index (χ1n) is 8.44. The van der Waals surface area contributed by atoms with Crippen LogP contribution in [-0.4, -0.2) is 31.8 Å². The van der Waals surface area contributed by atoms with E-state index in [4.69, 9.17) is 15.5 Å². The zero-order valence-electron chi connectivity index (χ0n) is 15.0. The molecule has 0 unspecified atom stereocenters. The van der Waals surface area contributed by atoms with Crippen LogP contribution in [0.4, 0.5) is 11.8 Å². The lowest BCUT2D eigenvalue weighted by molar-refractivity contribution is 0.415. The van der Waals surface area contributed by atoms with Gasteiger partial charge in [-0.1, -0.05) is 18.2 Å². The number of aromatic nitrogens is 5. The minimum absolute atomic E-state index is 0.462. The number of aryl methyl sites for hydroxylation is 1. The average molecular weight is 361 g/mol. The van der Waals surface area contributed by atoms with Crippen molar-refractivity contribution in [2.45, 2.75) is 6.54 Å². The van der Waals surface area contributed by atoms with Crippen LogP contribution in [0.2, 0.25) is 0 Å². The standard InChI is InChI=1S/C19H19N7O/c1-26-17(20)15-16(12-6-5-8-14(10-12)27-2)23-19(24-18(15)25-26)22-11-13-7-3-4-9-21-13/h3-10H,11,20H2,1-2H3,(H,22,24,25). The monoisotopic (exact) mass is 361 g/mol. The predicted octanol–water partition coefficient (Wildman–Crippen LogP) is 2.63. The molecule has 0 radical (unpaired) electrons. The van der Waals surface area contributed by atoms with Crippen molar-refractivity contribution in [3.05, 3.63) is 54.4 Å². The second-order valence-corrected chi connectivity index (χ2v) is 6.01. The third-order valence-electron chi connectivity index (χ3n) is 4.24. The minimum atomic E-state index is 0.462. The molecule has 0 saturated carbocycles. The Morgan fingerprint density at radius 3 is 2.81 bits per heavy atom. The van der Waals surface area contributed by atoms with Crippen molar-refractivity contribution < 1.29 is 4.74 Å². The van der Waals surface area contributed by atoms with Crippen molar-refractivity contribution in [3.63, 3.8) is 0 Å². The lowest BCUT2D eigenvalue weighted by Crippen LogP contribution is -2.06. The van der Waals surface area contributed by atoms with Crippen molar-refractivity contribution in [3.8, 4) is 17.0 Å². The van der Waals surface area contributed by atoms with Crippen LogP contribution < -0.4 is 15.8 Å². The maximum Gasteiger partial charge on any atom is 0.225 e. The molecule has 4 aromatic rings. The molecular weight excluding hydrogens is 342 g/mol. The summed E-state index contributed by atoms with van der Waals surface area (Å²) in [5, 5.41) is 8.34. The zero-order chi connectivity index (χ0) is 18.8. The molecule has 0 fully saturated rings. The van der Waals surface area contributed by atoms with Crippen molar-refractivity contribution in [1.29, 1.82) is 0 Å².